The lowest BCUT2D eigenvalue weighted by Gasteiger charge is -1.91. The Bertz CT molecular complexity index is 244. The number of carbonyl (C=O) groups excluding carboxylic acids is 1. The third-order valence-electron chi connectivity index (χ3n) is 1.05. The highest BCUT2D eigenvalue weighted by Gasteiger charge is 1.97. The second kappa shape index (κ2) is 2.84. The smallest absolute Gasteiger partial charge is 0.243 e. The fourth-order valence-corrected chi connectivity index (χ4v) is 0.803. The molecule has 0 fully saturated rings. The van der Waals surface area contributed by atoms with Gasteiger partial charge in [0, 0.05) is 6.20 Å². The molecule has 0 aliphatic carbocycles. The third kappa shape index (κ3) is 1.84. The topological polar surface area (TPSA) is 34.9 Å². The second-order valence-corrected chi connectivity index (χ2v) is 2.49. The molecule has 0 spiro atoms. The van der Waals surface area contributed by atoms with Crippen molar-refractivity contribution in [3.8, 4) is 0 Å². The molecule has 1 heterocycles. The first kappa shape index (κ1) is 7.28. The highest BCUT2D eigenvalue weighted by Crippen LogP contribution is 1.94. The molecule has 0 amide bonds. The Kier molecular flexibility index (Phi) is 2.06. The summed E-state index contributed by atoms with van der Waals surface area (Å²) < 4.78 is 1.50. The summed E-state index contributed by atoms with van der Waals surface area (Å²) in [4.78, 5) is 10.3. The van der Waals surface area contributed by atoms with Gasteiger partial charge in [0.25, 0.3) is 0 Å². The largest absolute Gasteiger partial charge is 0.279 e. The fourth-order valence-electron chi connectivity index (χ4n) is 0.681. The van der Waals surface area contributed by atoms with E-state index in [1.54, 1.807) is 12.4 Å². The van der Waals surface area contributed by atoms with E-state index in [0.717, 1.165) is 5.56 Å². The van der Waals surface area contributed by atoms with Gasteiger partial charge in [-0.1, -0.05) is 0 Å². The molecule has 0 unspecified atom stereocenters. The summed E-state index contributed by atoms with van der Waals surface area (Å²) in [6, 6.07) is 0. The zero-order valence-electron chi connectivity index (χ0n) is 5.54. The van der Waals surface area contributed by atoms with Crippen molar-refractivity contribution in [2.24, 2.45) is 0 Å². The molecule has 1 rings (SSSR count). The van der Waals surface area contributed by atoms with E-state index in [4.69, 9.17) is 11.6 Å². The highest BCUT2D eigenvalue weighted by molar-refractivity contribution is 6.63. The highest BCUT2D eigenvalue weighted by atomic mass is 35.5. The van der Waals surface area contributed by atoms with Crippen molar-refractivity contribution in [2.45, 2.75) is 13.5 Å². The first-order valence-corrected chi connectivity index (χ1v) is 3.23. The molecule has 0 saturated heterocycles. The van der Waals surface area contributed by atoms with Gasteiger partial charge in [-0.05, 0) is 24.1 Å². The van der Waals surface area contributed by atoms with Crippen LogP contribution < -0.4 is 0 Å². The lowest BCUT2D eigenvalue weighted by Crippen LogP contribution is -2.03. The molecule has 0 bridgehead atoms. The minimum absolute atomic E-state index is 0.148. The number of aryl methyl sites for hydroxylation is 1. The average molecular weight is 159 g/mol. The van der Waals surface area contributed by atoms with Gasteiger partial charge in [-0.2, -0.15) is 5.10 Å². The van der Waals surface area contributed by atoms with Crippen molar-refractivity contribution in [2.75, 3.05) is 0 Å². The number of hydrogen-bond acceptors (Lipinski definition) is 2. The Balaban J connectivity index is 2.67. The molecular formula is C6H7ClN2O. The van der Waals surface area contributed by atoms with E-state index in [2.05, 4.69) is 5.10 Å². The molecule has 0 saturated carbocycles. The van der Waals surface area contributed by atoms with Crippen LogP contribution in [0.15, 0.2) is 12.4 Å². The van der Waals surface area contributed by atoms with Crippen molar-refractivity contribution < 1.29 is 4.79 Å². The quantitative estimate of drug-likeness (QED) is 0.601. The Morgan fingerprint density at radius 3 is 3.00 bits per heavy atom. The van der Waals surface area contributed by atoms with Gasteiger partial charge in [0.1, 0.15) is 6.54 Å². The molecule has 0 aliphatic heterocycles. The van der Waals surface area contributed by atoms with Crippen LogP contribution in [0.4, 0.5) is 0 Å². The summed E-state index contributed by atoms with van der Waals surface area (Å²) in [7, 11) is 0. The van der Waals surface area contributed by atoms with Gasteiger partial charge in [0.05, 0.1) is 6.20 Å². The van der Waals surface area contributed by atoms with Crippen molar-refractivity contribution in [3.63, 3.8) is 0 Å². The summed E-state index contributed by atoms with van der Waals surface area (Å²) in [5.74, 6) is 0. The third-order valence-corrected chi connectivity index (χ3v) is 1.17. The Morgan fingerprint density at radius 1 is 1.90 bits per heavy atom. The van der Waals surface area contributed by atoms with E-state index >= 15 is 0 Å². The van der Waals surface area contributed by atoms with Crippen LogP contribution in [0, 0.1) is 6.92 Å². The second-order valence-electron chi connectivity index (χ2n) is 2.07. The fraction of sp³-hybridized carbons (Fsp3) is 0.333. The number of carbonyl (C=O) groups is 1. The van der Waals surface area contributed by atoms with Crippen molar-refractivity contribution in [1.82, 2.24) is 9.78 Å². The van der Waals surface area contributed by atoms with Crippen LogP contribution >= 0.6 is 11.6 Å². The molecule has 1 aromatic rings. The Morgan fingerprint density at radius 2 is 2.60 bits per heavy atom. The Labute approximate surface area is 63.6 Å². The van der Waals surface area contributed by atoms with Crippen LogP contribution in [-0.2, 0) is 11.3 Å². The molecule has 0 aromatic carbocycles. The van der Waals surface area contributed by atoms with Crippen LogP contribution in [-0.4, -0.2) is 15.0 Å². The van der Waals surface area contributed by atoms with Crippen LogP contribution in [0.25, 0.3) is 0 Å². The van der Waals surface area contributed by atoms with Gasteiger partial charge in [-0.3, -0.25) is 9.48 Å². The Hall–Kier alpha value is -0.830. The molecular weight excluding hydrogens is 152 g/mol. The molecule has 3 nitrogen and oxygen atoms in total. The summed E-state index contributed by atoms with van der Waals surface area (Å²) in [5, 5.41) is 3.47. The van der Waals surface area contributed by atoms with Gasteiger partial charge in [-0.15, -0.1) is 0 Å². The van der Waals surface area contributed by atoms with E-state index in [-0.39, 0.29) is 6.54 Å². The molecule has 4 heteroatoms. The first-order chi connectivity index (χ1) is 4.68. The van der Waals surface area contributed by atoms with Crippen LogP contribution in [0.5, 0.6) is 0 Å². The maximum atomic E-state index is 10.3. The number of rotatable bonds is 2. The maximum Gasteiger partial charge on any atom is 0.243 e. The van der Waals surface area contributed by atoms with E-state index in [9.17, 15) is 4.79 Å². The molecule has 0 N–H and O–H groups in total. The molecule has 10 heavy (non-hydrogen) atoms. The van der Waals surface area contributed by atoms with Crippen molar-refractivity contribution in [3.05, 3.63) is 18.0 Å². The predicted molar refractivity (Wildman–Crippen MR) is 37.8 cm³/mol. The number of hydrogen-bond donors (Lipinski definition) is 0. The summed E-state index contributed by atoms with van der Waals surface area (Å²) in [5.41, 5.74) is 1.03. The predicted octanol–water partition coefficient (Wildman–Crippen LogP) is 0.957. The van der Waals surface area contributed by atoms with Crippen LogP contribution in [0.3, 0.4) is 0 Å². The molecule has 54 valence electrons. The van der Waals surface area contributed by atoms with Gasteiger partial charge >= 0.3 is 0 Å². The minimum Gasteiger partial charge on any atom is -0.279 e. The van der Waals surface area contributed by atoms with E-state index in [0.29, 0.717) is 0 Å². The molecule has 0 atom stereocenters. The van der Waals surface area contributed by atoms with Crippen LogP contribution in [0.1, 0.15) is 5.56 Å². The lowest BCUT2D eigenvalue weighted by atomic mass is 10.4. The number of nitrogens with zero attached hydrogens (tertiary/aromatic N) is 2. The van der Waals surface area contributed by atoms with Crippen molar-refractivity contribution in [1.29, 1.82) is 0 Å². The standard InChI is InChI=1S/C6H7ClN2O/c1-5-2-8-9(3-5)4-6(7)10/h2-3H,4H2,1H3. The average Bonchev–Trinajstić information content (AvgIpc) is 2.13. The zero-order valence-corrected chi connectivity index (χ0v) is 6.30. The van der Waals surface area contributed by atoms with E-state index in [1.165, 1.54) is 4.68 Å². The zero-order chi connectivity index (χ0) is 7.56. The lowest BCUT2D eigenvalue weighted by molar-refractivity contribution is -0.112. The molecule has 0 aliphatic rings. The maximum absolute atomic E-state index is 10.3. The molecule has 1 aromatic heterocycles. The number of halogens is 1. The normalized spacial score (nSPS) is 9.80. The minimum atomic E-state index is -0.400. The molecule has 0 radical (unpaired) electrons. The van der Waals surface area contributed by atoms with Gasteiger partial charge in [-0.25, -0.2) is 0 Å². The summed E-state index contributed by atoms with van der Waals surface area (Å²) in [6.07, 6.45) is 3.44. The SMILES string of the molecule is Cc1cnn(CC(=O)Cl)c1. The van der Waals surface area contributed by atoms with Gasteiger partial charge in [0.15, 0.2) is 0 Å². The number of aromatic nitrogens is 2. The summed E-state index contributed by atoms with van der Waals surface area (Å²) in [6.45, 7) is 2.05. The van der Waals surface area contributed by atoms with Gasteiger partial charge in [0.2, 0.25) is 5.24 Å². The first-order valence-electron chi connectivity index (χ1n) is 2.86. The van der Waals surface area contributed by atoms with Crippen molar-refractivity contribution >= 4 is 16.8 Å². The monoisotopic (exact) mass is 158 g/mol. The summed E-state index contributed by atoms with van der Waals surface area (Å²) >= 11 is 5.12. The van der Waals surface area contributed by atoms with E-state index in [1.807, 2.05) is 6.92 Å². The van der Waals surface area contributed by atoms with Crippen LogP contribution in [0.2, 0.25) is 0 Å². The van der Waals surface area contributed by atoms with Gasteiger partial charge < -0.3 is 0 Å². The van der Waals surface area contributed by atoms with E-state index < -0.39 is 5.24 Å².